The molecule has 0 aliphatic rings. The summed E-state index contributed by atoms with van der Waals surface area (Å²) in [4.78, 5) is 9.68. The fourth-order valence-electron chi connectivity index (χ4n) is 11.4. The van der Waals surface area contributed by atoms with Crippen LogP contribution in [0, 0.1) is 0 Å². The standard InChI is InChI=1S/C74H70S7/c1-3-5-7-9-11-61-45-46-78-72(61)69-43-41-67(79-69)68-42-44-70(80-68)73-62(12-10-8-6-4-2)47-71(81-73)60-31-39-66(40-32-60)74(63-33-25-57(26-34-63)54-19-13-51(48-75)14-20-54,64-35-27-58(28-36-64)55-21-15-52(49-76)16-22-55)65-37-29-59(30-38-65)56-23-17-53(50-77)18-24-56/h13-47,75-77H,3-12,48-50H2,1-2H3. The van der Waals surface area contributed by atoms with Crippen molar-refractivity contribution < 1.29 is 0 Å². The van der Waals surface area contributed by atoms with Gasteiger partial charge in [-0.25, -0.2) is 0 Å². The van der Waals surface area contributed by atoms with Crippen LogP contribution in [-0.2, 0) is 35.5 Å². The zero-order valence-electron chi connectivity index (χ0n) is 46.4. The van der Waals surface area contributed by atoms with E-state index >= 15 is 0 Å². The summed E-state index contributed by atoms with van der Waals surface area (Å²) < 4.78 is 0. The zero-order chi connectivity index (χ0) is 55.5. The minimum atomic E-state index is -0.671. The molecule has 11 aromatic rings. The third-order valence-corrected chi connectivity index (χ3v) is 22.0. The molecule has 408 valence electrons. The highest BCUT2D eigenvalue weighted by atomic mass is 32.1. The van der Waals surface area contributed by atoms with Crippen LogP contribution in [0.15, 0.2) is 212 Å². The second-order valence-corrected chi connectivity index (χ2v) is 26.4. The highest BCUT2D eigenvalue weighted by Gasteiger charge is 2.39. The van der Waals surface area contributed by atoms with Crippen LogP contribution >= 0.6 is 83.2 Å². The Morgan fingerprint density at radius 2 is 0.654 bits per heavy atom. The van der Waals surface area contributed by atoms with Crippen molar-refractivity contribution in [3.05, 3.63) is 262 Å². The molecule has 0 N–H and O–H groups in total. The molecule has 0 bridgehead atoms. The van der Waals surface area contributed by atoms with Gasteiger partial charge in [-0.15, -0.1) is 45.3 Å². The summed E-state index contributed by atoms with van der Waals surface area (Å²) in [5.74, 6) is 2.16. The molecule has 0 atom stereocenters. The van der Waals surface area contributed by atoms with Crippen molar-refractivity contribution >= 4 is 83.2 Å². The van der Waals surface area contributed by atoms with Crippen LogP contribution in [0.25, 0.3) is 73.1 Å². The van der Waals surface area contributed by atoms with E-state index in [-0.39, 0.29) is 0 Å². The molecule has 4 heterocycles. The van der Waals surface area contributed by atoms with Gasteiger partial charge in [-0.3, -0.25) is 0 Å². The lowest BCUT2D eigenvalue weighted by molar-refractivity contribution is 0.668. The van der Waals surface area contributed by atoms with Crippen molar-refractivity contribution in [3.63, 3.8) is 0 Å². The van der Waals surface area contributed by atoms with Crippen molar-refractivity contribution in [2.24, 2.45) is 0 Å². The smallest absolute Gasteiger partial charge is 0.0701 e. The van der Waals surface area contributed by atoms with Crippen LogP contribution in [0.4, 0.5) is 0 Å². The Balaban J connectivity index is 0.992. The highest BCUT2D eigenvalue weighted by molar-refractivity contribution is 7.79. The van der Waals surface area contributed by atoms with E-state index in [1.54, 1.807) is 0 Å². The fourth-order valence-corrected chi connectivity index (χ4v) is 16.6. The van der Waals surface area contributed by atoms with Crippen LogP contribution < -0.4 is 0 Å². The molecule has 7 heteroatoms. The van der Waals surface area contributed by atoms with E-state index in [1.165, 1.54) is 181 Å². The maximum atomic E-state index is 4.55. The lowest BCUT2D eigenvalue weighted by atomic mass is 9.64. The predicted octanol–water partition coefficient (Wildman–Crippen LogP) is 23.5. The summed E-state index contributed by atoms with van der Waals surface area (Å²) >= 11 is 21.4. The molecule has 7 aromatic carbocycles. The van der Waals surface area contributed by atoms with Gasteiger partial charge in [0.2, 0.25) is 0 Å². The van der Waals surface area contributed by atoms with Gasteiger partial charge >= 0.3 is 0 Å². The number of hydrogen-bond donors (Lipinski definition) is 3. The fraction of sp³-hybridized carbons (Fsp3) is 0.216. The molecule has 81 heavy (non-hydrogen) atoms. The summed E-state index contributed by atoms with van der Waals surface area (Å²) in [6.45, 7) is 4.60. The maximum Gasteiger partial charge on any atom is 0.0701 e. The van der Waals surface area contributed by atoms with Gasteiger partial charge in [0.25, 0.3) is 0 Å². The van der Waals surface area contributed by atoms with Crippen LogP contribution in [0.2, 0.25) is 0 Å². The summed E-state index contributed by atoms with van der Waals surface area (Å²) in [5, 5.41) is 2.28. The Morgan fingerprint density at radius 3 is 1.04 bits per heavy atom. The molecule has 0 unspecified atom stereocenters. The Labute approximate surface area is 514 Å². The third kappa shape index (κ3) is 12.8. The molecule has 11 rings (SSSR count). The lowest BCUT2D eigenvalue weighted by Crippen LogP contribution is -2.31. The molecule has 0 saturated carbocycles. The average Bonchev–Trinajstić information content (AvgIpc) is 4.55. The SMILES string of the molecule is CCCCCCc1ccsc1-c1ccc(-c2ccc(-c3sc(-c4ccc(C(c5ccc(-c6ccc(CS)cc6)cc5)(c5ccc(-c6ccc(CS)cc6)cc5)c5ccc(-c6ccc(CS)cc6)cc5)cc4)cc3CCCCCC)s2)s1. The minimum Gasteiger partial charge on any atom is -0.175 e. The predicted molar refractivity (Wildman–Crippen MR) is 368 cm³/mol. The molecule has 0 radical (unpaired) electrons. The first kappa shape index (κ1) is 57.2. The molecule has 4 aromatic heterocycles. The summed E-state index contributed by atoms with van der Waals surface area (Å²) in [6.07, 6.45) is 12.4. The Kier molecular flexibility index (Phi) is 19.2. The van der Waals surface area contributed by atoms with Crippen LogP contribution in [0.5, 0.6) is 0 Å². The van der Waals surface area contributed by atoms with Gasteiger partial charge in [-0.2, -0.15) is 37.9 Å². The number of rotatable bonds is 24. The van der Waals surface area contributed by atoms with Crippen molar-refractivity contribution in [1.82, 2.24) is 0 Å². The first-order valence-corrected chi connectivity index (χ1v) is 34.0. The van der Waals surface area contributed by atoms with E-state index < -0.39 is 5.41 Å². The number of thiophene rings is 4. The number of unbranched alkanes of at least 4 members (excludes halogenated alkanes) is 6. The van der Waals surface area contributed by atoms with Gasteiger partial charge < -0.3 is 0 Å². The third-order valence-electron chi connectivity index (χ3n) is 16.0. The van der Waals surface area contributed by atoms with Crippen LogP contribution in [0.3, 0.4) is 0 Å². The van der Waals surface area contributed by atoms with E-state index in [9.17, 15) is 0 Å². The summed E-state index contributed by atoms with van der Waals surface area (Å²) in [5.41, 5.74) is 19.2. The van der Waals surface area contributed by atoms with Gasteiger partial charge in [0.05, 0.1) is 5.41 Å². The van der Waals surface area contributed by atoms with E-state index in [0.29, 0.717) is 0 Å². The largest absolute Gasteiger partial charge is 0.175 e. The first-order valence-electron chi connectivity index (χ1n) is 28.8. The lowest BCUT2D eigenvalue weighted by Gasteiger charge is -2.37. The Morgan fingerprint density at radius 1 is 0.309 bits per heavy atom. The molecule has 0 amide bonds. The second-order valence-electron chi connectivity index (χ2n) is 21.3. The van der Waals surface area contributed by atoms with Gasteiger partial charge in [0.1, 0.15) is 0 Å². The molecule has 0 saturated heterocycles. The molecule has 0 aliphatic carbocycles. The number of benzene rings is 7. The molecule has 0 fully saturated rings. The molecule has 0 spiro atoms. The summed E-state index contributed by atoms with van der Waals surface area (Å²) in [7, 11) is 0. The number of thiol groups is 3. The van der Waals surface area contributed by atoms with Crippen molar-refractivity contribution in [1.29, 1.82) is 0 Å². The van der Waals surface area contributed by atoms with E-state index in [4.69, 9.17) is 0 Å². The molecular formula is C74H70S7. The van der Waals surface area contributed by atoms with E-state index in [1.807, 2.05) is 45.3 Å². The van der Waals surface area contributed by atoms with Crippen LogP contribution in [-0.4, -0.2) is 0 Å². The van der Waals surface area contributed by atoms with E-state index in [2.05, 4.69) is 263 Å². The van der Waals surface area contributed by atoms with Crippen LogP contribution in [0.1, 0.15) is 115 Å². The van der Waals surface area contributed by atoms with Crippen molar-refractivity contribution in [3.8, 4) is 73.1 Å². The average molecular weight is 1180 g/mol. The number of aryl methyl sites for hydroxylation is 2. The normalized spacial score (nSPS) is 11.7. The van der Waals surface area contributed by atoms with Gasteiger partial charge in [0.15, 0.2) is 0 Å². The second kappa shape index (κ2) is 27.2. The maximum absolute atomic E-state index is 4.55. The topological polar surface area (TPSA) is 0 Å². The zero-order valence-corrected chi connectivity index (χ0v) is 52.3. The number of hydrogen-bond acceptors (Lipinski definition) is 7. The van der Waals surface area contributed by atoms with Gasteiger partial charge in [-0.1, -0.05) is 222 Å². The Hall–Kier alpha value is -5.61. The monoisotopic (exact) mass is 1180 g/mol. The van der Waals surface area contributed by atoms with Gasteiger partial charge in [-0.05, 0) is 156 Å². The molecule has 0 aliphatic heterocycles. The first-order chi connectivity index (χ1) is 39.9. The highest BCUT2D eigenvalue weighted by Crippen LogP contribution is 2.50. The quantitative estimate of drug-likeness (QED) is 0.0300. The van der Waals surface area contributed by atoms with Crippen molar-refractivity contribution in [2.75, 3.05) is 0 Å². The molecular weight excluding hydrogens is 1110 g/mol. The minimum absolute atomic E-state index is 0.671. The van der Waals surface area contributed by atoms with E-state index in [0.717, 1.165) is 23.7 Å². The Bertz CT molecular complexity index is 3520. The van der Waals surface area contributed by atoms with Gasteiger partial charge in [0, 0.05) is 51.4 Å². The molecule has 0 nitrogen and oxygen atoms in total. The summed E-state index contributed by atoms with van der Waals surface area (Å²) in [6, 6.07) is 78.4. The van der Waals surface area contributed by atoms with Crippen molar-refractivity contribution in [2.45, 2.75) is 101 Å².